The Hall–Kier alpha value is -1.64. The monoisotopic (exact) mass is 286 g/mol. The van der Waals surface area contributed by atoms with Crippen molar-refractivity contribution in [2.45, 2.75) is 13.3 Å². The molecule has 0 saturated carbocycles. The number of anilines is 2. The fourth-order valence-corrected chi connectivity index (χ4v) is 1.98. The molecule has 0 saturated heterocycles. The number of nitrogens with one attached hydrogen (secondary N) is 2. The molecule has 1 unspecified atom stereocenters. The average Bonchev–Trinajstić information content (AvgIpc) is 2.28. The smallest absolute Gasteiger partial charge is 0.296 e. The van der Waals surface area contributed by atoms with Crippen molar-refractivity contribution in [1.29, 1.82) is 0 Å². The molecule has 0 fully saturated rings. The van der Waals surface area contributed by atoms with Crippen LogP contribution in [0.1, 0.15) is 13.3 Å². The van der Waals surface area contributed by atoms with Crippen molar-refractivity contribution in [3.8, 4) is 0 Å². The average molecular weight is 286 g/mol. The van der Waals surface area contributed by atoms with Gasteiger partial charge in [0.05, 0.1) is 11.6 Å². The lowest BCUT2D eigenvalue weighted by Crippen LogP contribution is -2.28. The van der Waals surface area contributed by atoms with Crippen LogP contribution < -0.4 is 20.9 Å². The molecule has 8 heteroatoms. The van der Waals surface area contributed by atoms with Crippen LogP contribution in [-0.4, -0.2) is 20.9 Å². The van der Waals surface area contributed by atoms with Gasteiger partial charge >= 0.3 is 0 Å². The highest BCUT2D eigenvalue weighted by Crippen LogP contribution is 2.16. The Labute approximate surface area is 112 Å². The lowest BCUT2D eigenvalue weighted by atomic mass is 10.1. The summed E-state index contributed by atoms with van der Waals surface area (Å²) in [6, 6.07) is 6.26. The molecule has 0 bridgehead atoms. The van der Waals surface area contributed by atoms with E-state index in [4.69, 9.17) is 10.9 Å². The van der Waals surface area contributed by atoms with Gasteiger partial charge in [0.25, 0.3) is 10.2 Å². The molecule has 1 atom stereocenters. The summed E-state index contributed by atoms with van der Waals surface area (Å²) in [7, 11) is -3.83. The Bertz CT molecular complexity index is 541. The zero-order valence-electron chi connectivity index (χ0n) is 10.6. The van der Waals surface area contributed by atoms with Gasteiger partial charge in [-0.3, -0.25) is 9.52 Å². The Kier molecular flexibility index (Phi) is 5.28. The van der Waals surface area contributed by atoms with Crippen molar-refractivity contribution in [2.24, 2.45) is 16.8 Å². The molecule has 6 N–H and O–H groups in total. The summed E-state index contributed by atoms with van der Waals surface area (Å²) < 4.78 is 23.9. The summed E-state index contributed by atoms with van der Waals surface area (Å²) in [6.07, 6.45) is 0.636. The van der Waals surface area contributed by atoms with E-state index in [0.29, 0.717) is 12.1 Å². The number of carbonyl (C=O) groups excluding carboxylic acids is 1. The van der Waals surface area contributed by atoms with Crippen molar-refractivity contribution < 1.29 is 13.2 Å². The Morgan fingerprint density at radius 3 is 2.53 bits per heavy atom. The van der Waals surface area contributed by atoms with E-state index in [9.17, 15) is 13.2 Å². The summed E-state index contributed by atoms with van der Waals surface area (Å²) in [5, 5.41) is 7.54. The maximum absolute atomic E-state index is 11.8. The predicted molar refractivity (Wildman–Crippen MR) is 74.6 cm³/mol. The van der Waals surface area contributed by atoms with E-state index in [1.54, 1.807) is 12.1 Å². The van der Waals surface area contributed by atoms with Crippen LogP contribution in [0.5, 0.6) is 0 Å². The van der Waals surface area contributed by atoms with Gasteiger partial charge < -0.3 is 11.1 Å². The third-order valence-corrected chi connectivity index (χ3v) is 3.06. The van der Waals surface area contributed by atoms with Gasteiger partial charge in [-0.1, -0.05) is 13.0 Å². The van der Waals surface area contributed by atoms with Gasteiger partial charge in [0.1, 0.15) is 0 Å². The SMILES string of the molecule is CCC(CN)C(=O)Nc1cccc(NS(N)(=O)=O)c1. The summed E-state index contributed by atoms with van der Waals surface area (Å²) in [4.78, 5) is 11.8. The number of rotatable bonds is 6. The van der Waals surface area contributed by atoms with Crippen molar-refractivity contribution >= 4 is 27.5 Å². The first-order chi connectivity index (χ1) is 8.85. The highest BCUT2D eigenvalue weighted by Gasteiger charge is 2.14. The first-order valence-corrected chi connectivity index (χ1v) is 7.32. The van der Waals surface area contributed by atoms with E-state index in [1.807, 2.05) is 6.92 Å². The molecule has 0 heterocycles. The number of amides is 1. The van der Waals surface area contributed by atoms with Crippen LogP contribution in [0.2, 0.25) is 0 Å². The maximum Gasteiger partial charge on any atom is 0.296 e. The van der Waals surface area contributed by atoms with Crippen LogP contribution in [0, 0.1) is 5.92 Å². The van der Waals surface area contributed by atoms with Gasteiger partial charge in [-0.05, 0) is 24.6 Å². The second-order valence-corrected chi connectivity index (χ2v) is 5.35. The van der Waals surface area contributed by atoms with E-state index >= 15 is 0 Å². The minimum absolute atomic E-state index is 0.197. The topological polar surface area (TPSA) is 127 Å². The van der Waals surface area contributed by atoms with Crippen LogP contribution in [0.3, 0.4) is 0 Å². The van der Waals surface area contributed by atoms with E-state index < -0.39 is 10.2 Å². The normalized spacial score (nSPS) is 12.8. The van der Waals surface area contributed by atoms with Crippen molar-refractivity contribution in [3.05, 3.63) is 24.3 Å². The minimum Gasteiger partial charge on any atom is -0.330 e. The van der Waals surface area contributed by atoms with Gasteiger partial charge in [0.2, 0.25) is 5.91 Å². The Morgan fingerprint density at radius 1 is 1.37 bits per heavy atom. The molecule has 19 heavy (non-hydrogen) atoms. The summed E-state index contributed by atoms with van der Waals surface area (Å²) >= 11 is 0. The lowest BCUT2D eigenvalue weighted by molar-refractivity contribution is -0.119. The molecular formula is C11H18N4O3S. The van der Waals surface area contributed by atoms with Gasteiger partial charge in [0, 0.05) is 12.2 Å². The molecule has 0 aliphatic carbocycles. The first kappa shape index (κ1) is 15.4. The summed E-state index contributed by atoms with van der Waals surface area (Å²) in [5.74, 6) is -0.465. The van der Waals surface area contributed by atoms with Crippen LogP contribution in [-0.2, 0) is 15.0 Å². The molecule has 1 aromatic rings. The highest BCUT2D eigenvalue weighted by atomic mass is 32.2. The predicted octanol–water partition coefficient (Wildman–Crippen LogP) is 0.225. The molecule has 1 aromatic carbocycles. The highest BCUT2D eigenvalue weighted by molar-refractivity contribution is 7.90. The molecular weight excluding hydrogens is 268 g/mol. The maximum atomic E-state index is 11.8. The largest absolute Gasteiger partial charge is 0.330 e. The van der Waals surface area contributed by atoms with E-state index in [0.717, 1.165) is 0 Å². The molecule has 0 aliphatic rings. The molecule has 0 aromatic heterocycles. The number of carbonyl (C=O) groups is 1. The van der Waals surface area contributed by atoms with Gasteiger partial charge in [-0.15, -0.1) is 0 Å². The molecule has 1 amide bonds. The second-order valence-electron chi connectivity index (χ2n) is 4.06. The Balaban J connectivity index is 2.80. The van der Waals surface area contributed by atoms with Gasteiger partial charge in [0.15, 0.2) is 0 Å². The molecule has 0 spiro atoms. The zero-order chi connectivity index (χ0) is 14.5. The fraction of sp³-hybridized carbons (Fsp3) is 0.364. The standard InChI is InChI=1S/C11H18N4O3S/c1-2-8(7-12)11(16)14-9-4-3-5-10(6-9)15-19(13,17)18/h3-6,8,15H,2,7,12H2,1H3,(H,14,16)(H2,13,17,18). The van der Waals surface area contributed by atoms with Crippen LogP contribution >= 0.6 is 0 Å². The van der Waals surface area contributed by atoms with Crippen LogP contribution in [0.4, 0.5) is 11.4 Å². The fourth-order valence-electron chi connectivity index (χ4n) is 1.53. The number of nitrogens with two attached hydrogens (primary N) is 2. The zero-order valence-corrected chi connectivity index (χ0v) is 11.4. The van der Waals surface area contributed by atoms with E-state index in [1.165, 1.54) is 12.1 Å². The van der Waals surface area contributed by atoms with Crippen molar-refractivity contribution in [3.63, 3.8) is 0 Å². The van der Waals surface area contributed by atoms with E-state index in [2.05, 4.69) is 10.0 Å². The van der Waals surface area contributed by atoms with Crippen LogP contribution in [0.15, 0.2) is 24.3 Å². The minimum atomic E-state index is -3.83. The summed E-state index contributed by atoms with van der Waals surface area (Å²) in [6.45, 7) is 2.13. The van der Waals surface area contributed by atoms with Gasteiger partial charge in [-0.2, -0.15) is 8.42 Å². The number of hydrogen-bond donors (Lipinski definition) is 4. The quantitative estimate of drug-likeness (QED) is 0.596. The van der Waals surface area contributed by atoms with E-state index in [-0.39, 0.29) is 24.1 Å². The van der Waals surface area contributed by atoms with Gasteiger partial charge in [-0.25, -0.2) is 5.14 Å². The molecule has 1 rings (SSSR count). The first-order valence-electron chi connectivity index (χ1n) is 5.77. The molecule has 0 radical (unpaired) electrons. The second kappa shape index (κ2) is 6.50. The third kappa shape index (κ3) is 5.25. The number of benzene rings is 1. The van der Waals surface area contributed by atoms with Crippen LogP contribution in [0.25, 0.3) is 0 Å². The number of hydrogen-bond acceptors (Lipinski definition) is 4. The lowest BCUT2D eigenvalue weighted by Gasteiger charge is -2.13. The van der Waals surface area contributed by atoms with Crippen molar-refractivity contribution in [2.75, 3.05) is 16.6 Å². The molecule has 106 valence electrons. The molecule has 0 aliphatic heterocycles. The molecule has 7 nitrogen and oxygen atoms in total. The third-order valence-electron chi connectivity index (χ3n) is 2.54. The van der Waals surface area contributed by atoms with Crippen molar-refractivity contribution in [1.82, 2.24) is 0 Å². The Morgan fingerprint density at radius 2 is 2.00 bits per heavy atom. The summed E-state index contributed by atoms with van der Waals surface area (Å²) in [5.41, 5.74) is 6.24.